The van der Waals surface area contributed by atoms with Crippen LogP contribution in [0.4, 0.5) is 11.4 Å². The minimum Gasteiger partial charge on any atom is -0.351 e. The maximum absolute atomic E-state index is 11.6. The van der Waals surface area contributed by atoms with Crippen molar-refractivity contribution in [1.29, 1.82) is 0 Å². The zero-order chi connectivity index (χ0) is 24.6. The molecule has 4 aromatic rings. The molecular formula is C24H21ClN6O2S2. The maximum Gasteiger partial charge on any atom is 0.229 e. The van der Waals surface area contributed by atoms with Crippen molar-refractivity contribution in [3.63, 3.8) is 0 Å². The van der Waals surface area contributed by atoms with Crippen LogP contribution in [-0.4, -0.2) is 34.3 Å². The van der Waals surface area contributed by atoms with Crippen LogP contribution in [0, 0.1) is 0 Å². The number of nitrogens with zero attached hydrogens (tertiary/aromatic N) is 4. The Labute approximate surface area is 213 Å². The van der Waals surface area contributed by atoms with Crippen molar-refractivity contribution in [2.45, 2.75) is 12.1 Å². The molecule has 11 heteroatoms. The molecule has 5 rings (SSSR count). The zero-order valence-corrected chi connectivity index (χ0v) is 20.9. The van der Waals surface area contributed by atoms with E-state index in [1.165, 1.54) is 0 Å². The van der Waals surface area contributed by atoms with Gasteiger partial charge in [0.05, 0.1) is 23.0 Å². The van der Waals surface area contributed by atoms with Gasteiger partial charge in [0.25, 0.3) is 0 Å². The minimum atomic E-state index is -3.38. The van der Waals surface area contributed by atoms with Crippen molar-refractivity contribution in [2.24, 2.45) is 0 Å². The Balaban J connectivity index is 1.60. The molecular weight excluding hydrogens is 504 g/mol. The number of hydrogen-bond donors (Lipinski definition) is 2. The highest BCUT2D eigenvalue weighted by Gasteiger charge is 2.42. The van der Waals surface area contributed by atoms with E-state index in [1.54, 1.807) is 30.6 Å². The first-order valence-corrected chi connectivity index (χ1v) is 13.4. The molecule has 1 saturated heterocycles. The van der Waals surface area contributed by atoms with E-state index in [-0.39, 0.29) is 12.1 Å². The highest BCUT2D eigenvalue weighted by molar-refractivity contribution is 7.92. The molecule has 3 aromatic heterocycles. The van der Waals surface area contributed by atoms with Gasteiger partial charge in [0, 0.05) is 35.7 Å². The summed E-state index contributed by atoms with van der Waals surface area (Å²) in [6, 6.07) is 20.0. The fourth-order valence-corrected chi connectivity index (χ4v) is 5.21. The van der Waals surface area contributed by atoms with Crippen molar-refractivity contribution in [3.05, 3.63) is 102 Å². The van der Waals surface area contributed by atoms with Crippen LogP contribution in [0.5, 0.6) is 0 Å². The van der Waals surface area contributed by atoms with Gasteiger partial charge in [-0.3, -0.25) is 9.71 Å². The molecule has 1 aliphatic rings. The van der Waals surface area contributed by atoms with Crippen molar-refractivity contribution in [2.75, 3.05) is 15.9 Å². The maximum atomic E-state index is 11.6. The fraction of sp³-hybridized carbons (Fsp3) is 0.125. The smallest absolute Gasteiger partial charge is 0.229 e. The van der Waals surface area contributed by atoms with Crippen molar-refractivity contribution >= 4 is 50.3 Å². The van der Waals surface area contributed by atoms with Crippen molar-refractivity contribution in [3.8, 4) is 5.82 Å². The summed E-state index contributed by atoms with van der Waals surface area (Å²) in [7, 11) is -3.38. The Morgan fingerprint density at radius 3 is 2.49 bits per heavy atom. The summed E-state index contributed by atoms with van der Waals surface area (Å²) in [6.07, 6.45) is 6.43. The largest absolute Gasteiger partial charge is 0.351 e. The second-order valence-electron chi connectivity index (χ2n) is 8.06. The summed E-state index contributed by atoms with van der Waals surface area (Å²) < 4.78 is 27.7. The first-order chi connectivity index (χ1) is 16.8. The summed E-state index contributed by atoms with van der Waals surface area (Å²) in [5.74, 6) is 0.722. The van der Waals surface area contributed by atoms with E-state index in [1.807, 2.05) is 64.2 Å². The molecule has 4 heterocycles. The van der Waals surface area contributed by atoms with E-state index in [2.05, 4.69) is 20.0 Å². The molecule has 0 aliphatic carbocycles. The third kappa shape index (κ3) is 4.86. The predicted octanol–water partition coefficient (Wildman–Crippen LogP) is 4.47. The normalized spacial score (nSPS) is 17.9. The molecule has 2 atom stereocenters. The number of rotatable bonds is 6. The Bertz CT molecular complexity index is 1460. The summed E-state index contributed by atoms with van der Waals surface area (Å²) in [4.78, 5) is 11.1. The molecule has 2 unspecified atom stereocenters. The molecule has 0 bridgehead atoms. The van der Waals surface area contributed by atoms with Crippen LogP contribution >= 0.6 is 23.8 Å². The number of anilines is 2. The van der Waals surface area contributed by atoms with Crippen LogP contribution in [0.15, 0.2) is 85.3 Å². The molecule has 0 amide bonds. The molecule has 1 aromatic carbocycles. The number of hydrogen-bond acceptors (Lipinski definition) is 5. The summed E-state index contributed by atoms with van der Waals surface area (Å²) in [6.45, 7) is 0. The average molecular weight is 525 g/mol. The molecule has 0 spiro atoms. The quantitative estimate of drug-likeness (QED) is 0.359. The predicted molar refractivity (Wildman–Crippen MR) is 141 cm³/mol. The van der Waals surface area contributed by atoms with E-state index in [4.69, 9.17) is 23.8 Å². The SMILES string of the molecule is CS(=O)(=O)Nc1ccc(N2C(=S)NC(c3ccccn3)C2c2cccn2-c2ccc(Cl)cn2)cc1. The van der Waals surface area contributed by atoms with Gasteiger partial charge in [-0.15, -0.1) is 0 Å². The van der Waals surface area contributed by atoms with E-state index in [0.717, 1.165) is 29.1 Å². The number of halogens is 1. The number of nitrogens with one attached hydrogen (secondary N) is 2. The van der Waals surface area contributed by atoms with Gasteiger partial charge in [0.2, 0.25) is 10.0 Å². The zero-order valence-electron chi connectivity index (χ0n) is 18.5. The highest BCUT2D eigenvalue weighted by Crippen LogP contribution is 2.42. The lowest BCUT2D eigenvalue weighted by molar-refractivity contribution is 0.548. The van der Waals surface area contributed by atoms with Crippen LogP contribution in [0.3, 0.4) is 0 Å². The van der Waals surface area contributed by atoms with Gasteiger partial charge >= 0.3 is 0 Å². The van der Waals surface area contributed by atoms with Crippen LogP contribution < -0.4 is 14.9 Å². The van der Waals surface area contributed by atoms with E-state index < -0.39 is 10.0 Å². The molecule has 8 nitrogen and oxygen atoms in total. The van der Waals surface area contributed by atoms with Gasteiger partial charge in [0.1, 0.15) is 11.9 Å². The lowest BCUT2D eigenvalue weighted by atomic mass is 10.0. The number of thiocarbonyl (C=S) groups is 1. The third-order valence-corrected chi connectivity index (χ3v) is 6.73. The Hall–Kier alpha value is -3.47. The topological polar surface area (TPSA) is 92.2 Å². The summed E-state index contributed by atoms with van der Waals surface area (Å²) >= 11 is 11.8. The molecule has 2 N–H and O–H groups in total. The highest BCUT2D eigenvalue weighted by atomic mass is 35.5. The number of pyridine rings is 2. The van der Waals surface area contributed by atoms with Crippen LogP contribution in [0.1, 0.15) is 23.5 Å². The molecule has 0 radical (unpaired) electrons. The van der Waals surface area contributed by atoms with Gasteiger partial charge in [-0.2, -0.15) is 0 Å². The van der Waals surface area contributed by atoms with Crippen molar-refractivity contribution in [1.82, 2.24) is 19.9 Å². The number of sulfonamides is 1. The van der Waals surface area contributed by atoms with Crippen LogP contribution in [0.2, 0.25) is 5.02 Å². The molecule has 1 aliphatic heterocycles. The van der Waals surface area contributed by atoms with E-state index in [9.17, 15) is 8.42 Å². The van der Waals surface area contributed by atoms with Crippen LogP contribution in [0.25, 0.3) is 5.82 Å². The number of benzene rings is 1. The van der Waals surface area contributed by atoms with Gasteiger partial charge in [-0.1, -0.05) is 17.7 Å². The Morgan fingerprint density at radius 2 is 1.83 bits per heavy atom. The molecule has 178 valence electrons. The Morgan fingerprint density at radius 1 is 1.03 bits per heavy atom. The second kappa shape index (κ2) is 9.29. The second-order valence-corrected chi connectivity index (χ2v) is 10.6. The average Bonchev–Trinajstić information content (AvgIpc) is 3.44. The molecule has 1 fully saturated rings. The molecule has 35 heavy (non-hydrogen) atoms. The lowest BCUT2D eigenvalue weighted by Crippen LogP contribution is -2.30. The van der Waals surface area contributed by atoms with Crippen LogP contribution in [-0.2, 0) is 10.0 Å². The fourth-order valence-electron chi connectivity index (χ4n) is 4.19. The van der Waals surface area contributed by atoms with Crippen molar-refractivity contribution < 1.29 is 8.42 Å². The van der Waals surface area contributed by atoms with Gasteiger partial charge in [-0.25, -0.2) is 13.4 Å². The summed E-state index contributed by atoms with van der Waals surface area (Å²) in [5.41, 5.74) is 3.07. The first kappa shape index (κ1) is 23.3. The first-order valence-electron chi connectivity index (χ1n) is 10.7. The van der Waals surface area contributed by atoms with Gasteiger partial charge in [0.15, 0.2) is 5.11 Å². The van der Waals surface area contributed by atoms with Gasteiger partial charge in [-0.05, 0) is 72.9 Å². The van der Waals surface area contributed by atoms with E-state index in [0.29, 0.717) is 15.8 Å². The lowest BCUT2D eigenvalue weighted by Gasteiger charge is -2.29. The minimum absolute atomic E-state index is 0.238. The third-order valence-electron chi connectivity index (χ3n) is 5.59. The monoisotopic (exact) mass is 524 g/mol. The summed E-state index contributed by atoms with van der Waals surface area (Å²) in [5, 5.41) is 4.52. The van der Waals surface area contributed by atoms with E-state index >= 15 is 0 Å². The Kier molecular flexibility index (Phi) is 6.18. The molecule has 0 saturated carbocycles. The standard InChI is InChI=1S/C24H21ClN6O2S2/c1-35(32,33)29-17-8-10-18(11-9-17)31-23(22(28-24(31)34)19-5-2-3-13-26-19)20-6-4-14-30(20)21-12-7-16(25)15-27-21/h2-15,22-23,29H,1H3,(H,28,34). The van der Waals surface area contributed by atoms with Gasteiger partial charge < -0.3 is 14.8 Å². The number of aromatic nitrogens is 3.